The molecule has 1 amide bonds. The van der Waals surface area contributed by atoms with Crippen LogP contribution in [0.25, 0.3) is 0 Å². The van der Waals surface area contributed by atoms with Crippen molar-refractivity contribution in [2.75, 3.05) is 13.7 Å². The number of aliphatic hydroxyl groups excluding tert-OH is 1. The summed E-state index contributed by atoms with van der Waals surface area (Å²) in [6, 6.07) is 10.8. The average Bonchev–Trinajstić information content (AvgIpc) is 3.02. The van der Waals surface area contributed by atoms with Gasteiger partial charge < -0.3 is 19.6 Å². The van der Waals surface area contributed by atoms with Crippen molar-refractivity contribution in [3.05, 3.63) is 54.0 Å². The van der Waals surface area contributed by atoms with E-state index in [-0.39, 0.29) is 5.91 Å². The minimum absolute atomic E-state index is 0.0770. The first-order chi connectivity index (χ1) is 10.2. The zero-order chi connectivity index (χ0) is 15.1. The molecule has 2 aromatic rings. The van der Waals surface area contributed by atoms with Gasteiger partial charge in [-0.1, -0.05) is 12.1 Å². The lowest BCUT2D eigenvalue weighted by molar-refractivity contribution is -0.120. The van der Waals surface area contributed by atoms with Crippen LogP contribution in [0.5, 0.6) is 5.75 Å². The number of furan rings is 1. The van der Waals surface area contributed by atoms with E-state index >= 15 is 0 Å². The fraction of sp³-hybridized carbons (Fsp3) is 0.312. The van der Waals surface area contributed by atoms with Crippen LogP contribution < -0.4 is 10.1 Å². The monoisotopic (exact) mass is 289 g/mol. The number of rotatable bonds is 7. The summed E-state index contributed by atoms with van der Waals surface area (Å²) in [4.78, 5) is 11.8. The number of hydrogen-bond acceptors (Lipinski definition) is 4. The van der Waals surface area contributed by atoms with Gasteiger partial charge in [0, 0.05) is 6.54 Å². The molecule has 1 atom stereocenters. The molecule has 2 N–H and O–H groups in total. The highest BCUT2D eigenvalue weighted by Gasteiger charge is 2.10. The predicted molar refractivity (Wildman–Crippen MR) is 78.0 cm³/mol. The molecule has 0 radical (unpaired) electrons. The maximum absolute atomic E-state index is 11.8. The van der Waals surface area contributed by atoms with Gasteiger partial charge in [0.25, 0.3) is 0 Å². The zero-order valence-corrected chi connectivity index (χ0v) is 11.9. The van der Waals surface area contributed by atoms with Crippen molar-refractivity contribution in [1.82, 2.24) is 5.32 Å². The maximum atomic E-state index is 11.8. The fourth-order valence-corrected chi connectivity index (χ4v) is 1.96. The van der Waals surface area contributed by atoms with Crippen LogP contribution in [0.3, 0.4) is 0 Å². The molecule has 0 fully saturated rings. The minimum atomic E-state index is -0.693. The van der Waals surface area contributed by atoms with E-state index in [1.165, 1.54) is 6.26 Å². The molecule has 1 aromatic carbocycles. The van der Waals surface area contributed by atoms with E-state index in [9.17, 15) is 9.90 Å². The number of amides is 1. The standard InChI is InChI=1S/C16H19NO4/c1-20-13-6-4-12(5-7-13)11-16(19)17-9-8-14(18)15-3-2-10-21-15/h2-7,10,14,18H,8-9,11H2,1H3,(H,17,19)/t14-/m1/s1. The molecule has 0 bridgehead atoms. The lowest BCUT2D eigenvalue weighted by Gasteiger charge is -2.09. The van der Waals surface area contributed by atoms with Crippen molar-refractivity contribution in [1.29, 1.82) is 0 Å². The highest BCUT2D eigenvalue weighted by molar-refractivity contribution is 5.78. The molecule has 5 heteroatoms. The predicted octanol–water partition coefficient (Wildman–Crippen LogP) is 2.07. The molecule has 0 aliphatic carbocycles. The summed E-state index contributed by atoms with van der Waals surface area (Å²) in [5, 5.41) is 12.6. The SMILES string of the molecule is COc1ccc(CC(=O)NCC[C@@H](O)c2ccco2)cc1. The molecule has 2 rings (SSSR count). The number of carbonyl (C=O) groups excluding carboxylic acids is 1. The molecular formula is C16H19NO4. The Morgan fingerprint density at radius 2 is 2.10 bits per heavy atom. The van der Waals surface area contributed by atoms with Crippen LogP contribution >= 0.6 is 0 Å². The van der Waals surface area contributed by atoms with Crippen molar-refractivity contribution in [2.45, 2.75) is 18.9 Å². The first-order valence-electron chi connectivity index (χ1n) is 6.80. The van der Waals surface area contributed by atoms with Crippen LogP contribution in [0.4, 0.5) is 0 Å². The highest BCUT2D eigenvalue weighted by Crippen LogP contribution is 2.16. The molecular weight excluding hydrogens is 270 g/mol. The normalized spacial score (nSPS) is 11.9. The summed E-state index contributed by atoms with van der Waals surface area (Å²) in [6.07, 6.45) is 1.55. The van der Waals surface area contributed by atoms with Gasteiger partial charge in [0.15, 0.2) is 0 Å². The van der Waals surface area contributed by atoms with Crippen LogP contribution in [0.2, 0.25) is 0 Å². The Kier molecular flexibility index (Phi) is 5.40. The van der Waals surface area contributed by atoms with Crippen molar-refractivity contribution in [2.24, 2.45) is 0 Å². The third-order valence-electron chi connectivity index (χ3n) is 3.14. The van der Waals surface area contributed by atoms with Gasteiger partial charge in [0.1, 0.15) is 17.6 Å². The third kappa shape index (κ3) is 4.65. The van der Waals surface area contributed by atoms with Crippen LogP contribution in [0, 0.1) is 0 Å². The van der Waals surface area contributed by atoms with Crippen LogP contribution in [-0.4, -0.2) is 24.7 Å². The molecule has 1 aromatic heterocycles. The van der Waals surface area contributed by atoms with Crippen LogP contribution in [-0.2, 0) is 11.2 Å². The number of ether oxygens (including phenoxy) is 1. The molecule has 0 spiro atoms. The Bertz CT molecular complexity index is 548. The highest BCUT2D eigenvalue weighted by atomic mass is 16.5. The second kappa shape index (κ2) is 7.50. The number of nitrogens with one attached hydrogen (secondary N) is 1. The summed E-state index contributed by atoms with van der Waals surface area (Å²) in [7, 11) is 1.60. The summed E-state index contributed by atoms with van der Waals surface area (Å²) in [5.41, 5.74) is 0.917. The molecule has 0 aliphatic rings. The Balaban J connectivity index is 1.72. The van der Waals surface area contributed by atoms with Gasteiger partial charge in [-0.25, -0.2) is 0 Å². The zero-order valence-electron chi connectivity index (χ0n) is 11.9. The first kappa shape index (κ1) is 15.1. The van der Waals surface area contributed by atoms with E-state index in [2.05, 4.69) is 5.32 Å². The van der Waals surface area contributed by atoms with E-state index < -0.39 is 6.10 Å². The smallest absolute Gasteiger partial charge is 0.224 e. The number of carbonyl (C=O) groups is 1. The second-order valence-corrected chi connectivity index (χ2v) is 4.69. The van der Waals surface area contributed by atoms with Crippen molar-refractivity contribution in [3.8, 4) is 5.75 Å². The first-order valence-corrected chi connectivity index (χ1v) is 6.80. The second-order valence-electron chi connectivity index (χ2n) is 4.69. The molecule has 0 aliphatic heterocycles. The number of hydrogen-bond donors (Lipinski definition) is 2. The van der Waals surface area contributed by atoms with Gasteiger partial charge >= 0.3 is 0 Å². The van der Waals surface area contributed by atoms with E-state index in [0.717, 1.165) is 11.3 Å². The summed E-state index contributed by atoms with van der Waals surface area (Å²) < 4.78 is 10.2. The Morgan fingerprint density at radius 1 is 1.33 bits per heavy atom. The number of methoxy groups -OCH3 is 1. The lowest BCUT2D eigenvalue weighted by atomic mass is 10.1. The molecule has 0 saturated carbocycles. The largest absolute Gasteiger partial charge is 0.497 e. The van der Waals surface area contributed by atoms with Gasteiger partial charge in [-0.05, 0) is 36.2 Å². The summed E-state index contributed by atoms with van der Waals surface area (Å²) >= 11 is 0. The van der Waals surface area contributed by atoms with Gasteiger partial charge in [0.2, 0.25) is 5.91 Å². The van der Waals surface area contributed by atoms with E-state index in [0.29, 0.717) is 25.1 Å². The molecule has 5 nitrogen and oxygen atoms in total. The van der Waals surface area contributed by atoms with Crippen molar-refractivity contribution >= 4 is 5.91 Å². The van der Waals surface area contributed by atoms with Crippen LogP contribution in [0.15, 0.2) is 47.1 Å². The Hall–Kier alpha value is -2.27. The third-order valence-corrected chi connectivity index (χ3v) is 3.14. The average molecular weight is 289 g/mol. The lowest BCUT2D eigenvalue weighted by Crippen LogP contribution is -2.27. The van der Waals surface area contributed by atoms with Gasteiger partial charge in [-0.3, -0.25) is 4.79 Å². The molecule has 0 saturated heterocycles. The van der Waals surface area contributed by atoms with Crippen molar-refractivity contribution in [3.63, 3.8) is 0 Å². The van der Waals surface area contributed by atoms with E-state index in [4.69, 9.17) is 9.15 Å². The van der Waals surface area contributed by atoms with Crippen LogP contribution in [0.1, 0.15) is 23.8 Å². The molecule has 1 heterocycles. The Morgan fingerprint density at radius 3 is 2.71 bits per heavy atom. The molecule has 0 unspecified atom stereocenters. The number of benzene rings is 1. The number of aliphatic hydroxyl groups is 1. The minimum Gasteiger partial charge on any atom is -0.497 e. The van der Waals surface area contributed by atoms with Gasteiger partial charge in [-0.2, -0.15) is 0 Å². The fourth-order valence-electron chi connectivity index (χ4n) is 1.96. The topological polar surface area (TPSA) is 71.7 Å². The molecule has 21 heavy (non-hydrogen) atoms. The summed E-state index contributed by atoms with van der Waals surface area (Å²) in [6.45, 7) is 0.400. The summed E-state index contributed by atoms with van der Waals surface area (Å²) in [5.74, 6) is 1.20. The Labute approximate surface area is 123 Å². The quantitative estimate of drug-likeness (QED) is 0.818. The van der Waals surface area contributed by atoms with Gasteiger partial charge in [-0.15, -0.1) is 0 Å². The maximum Gasteiger partial charge on any atom is 0.224 e. The van der Waals surface area contributed by atoms with E-state index in [1.807, 2.05) is 24.3 Å². The van der Waals surface area contributed by atoms with Gasteiger partial charge in [0.05, 0.1) is 19.8 Å². The van der Waals surface area contributed by atoms with Crippen molar-refractivity contribution < 1.29 is 19.1 Å². The van der Waals surface area contributed by atoms with E-state index in [1.54, 1.807) is 19.2 Å². The molecule has 112 valence electrons.